The SMILES string of the molecule is CCOc1cc(C2C(C(=O)OC3CCCCC3)=C(C)Nc3nnnn32)cc(Br)c1OCc1cccc(C)c1. The van der Waals surface area contributed by atoms with Crippen LogP contribution in [0.4, 0.5) is 5.95 Å². The Morgan fingerprint density at radius 1 is 1.13 bits per heavy atom. The van der Waals surface area contributed by atoms with Gasteiger partial charge in [0.05, 0.1) is 16.7 Å². The van der Waals surface area contributed by atoms with Crippen molar-refractivity contribution in [1.29, 1.82) is 0 Å². The minimum absolute atomic E-state index is 0.0735. The summed E-state index contributed by atoms with van der Waals surface area (Å²) in [6.07, 6.45) is 5.03. The quantitative estimate of drug-likeness (QED) is 0.329. The lowest BCUT2D eigenvalue weighted by Crippen LogP contribution is -2.32. The van der Waals surface area contributed by atoms with Crippen molar-refractivity contribution in [3.63, 3.8) is 0 Å². The molecule has 10 heteroatoms. The largest absolute Gasteiger partial charge is 0.490 e. The minimum Gasteiger partial charge on any atom is -0.490 e. The molecule has 0 spiro atoms. The van der Waals surface area contributed by atoms with Crippen LogP contribution in [-0.4, -0.2) is 38.9 Å². The summed E-state index contributed by atoms with van der Waals surface area (Å²) in [7, 11) is 0. The lowest BCUT2D eigenvalue weighted by molar-refractivity contribution is -0.146. The van der Waals surface area contributed by atoms with Crippen LogP contribution in [0, 0.1) is 6.92 Å². The van der Waals surface area contributed by atoms with E-state index in [1.54, 1.807) is 4.68 Å². The zero-order valence-corrected chi connectivity index (χ0v) is 23.5. The summed E-state index contributed by atoms with van der Waals surface area (Å²) in [5, 5.41) is 15.3. The smallest absolute Gasteiger partial charge is 0.338 e. The van der Waals surface area contributed by atoms with Gasteiger partial charge in [0.1, 0.15) is 18.8 Å². The number of hydrogen-bond donors (Lipinski definition) is 1. The molecule has 1 aliphatic carbocycles. The number of rotatable bonds is 8. The number of nitrogens with zero attached hydrogens (tertiary/aromatic N) is 4. The van der Waals surface area contributed by atoms with E-state index >= 15 is 0 Å². The number of hydrogen-bond acceptors (Lipinski definition) is 8. The fourth-order valence-electron chi connectivity index (χ4n) is 5.09. The fourth-order valence-corrected chi connectivity index (χ4v) is 5.66. The Morgan fingerprint density at radius 3 is 2.71 bits per heavy atom. The molecular weight excluding hydrogens is 550 g/mol. The Hall–Kier alpha value is -3.40. The number of aryl methyl sites for hydroxylation is 1. The molecule has 1 N–H and O–H groups in total. The monoisotopic (exact) mass is 581 g/mol. The van der Waals surface area contributed by atoms with Gasteiger partial charge in [-0.25, -0.2) is 4.79 Å². The summed E-state index contributed by atoms with van der Waals surface area (Å²) in [6.45, 7) is 6.66. The number of carbonyl (C=O) groups is 1. The summed E-state index contributed by atoms with van der Waals surface area (Å²) in [6, 6.07) is 11.4. The van der Waals surface area contributed by atoms with E-state index < -0.39 is 6.04 Å². The van der Waals surface area contributed by atoms with Gasteiger partial charge in [-0.2, -0.15) is 4.68 Å². The molecule has 2 heterocycles. The molecule has 0 amide bonds. The maximum absolute atomic E-state index is 13.6. The predicted molar refractivity (Wildman–Crippen MR) is 146 cm³/mol. The van der Waals surface area contributed by atoms with Crippen LogP contribution in [0.1, 0.15) is 68.7 Å². The Labute approximate surface area is 230 Å². The second kappa shape index (κ2) is 11.6. The molecule has 9 nitrogen and oxygen atoms in total. The number of halogens is 1. The highest BCUT2D eigenvalue weighted by molar-refractivity contribution is 9.10. The van der Waals surface area contributed by atoms with E-state index in [4.69, 9.17) is 14.2 Å². The molecule has 0 bridgehead atoms. The Kier molecular flexibility index (Phi) is 7.97. The summed E-state index contributed by atoms with van der Waals surface area (Å²) in [5.41, 5.74) is 4.13. The summed E-state index contributed by atoms with van der Waals surface area (Å²) < 4.78 is 20.5. The number of esters is 1. The van der Waals surface area contributed by atoms with Crippen LogP contribution in [0.3, 0.4) is 0 Å². The molecule has 0 saturated heterocycles. The van der Waals surface area contributed by atoms with Gasteiger partial charge in [-0.1, -0.05) is 41.3 Å². The Balaban J connectivity index is 1.50. The van der Waals surface area contributed by atoms with Crippen LogP contribution >= 0.6 is 15.9 Å². The number of ether oxygens (including phenoxy) is 3. The molecule has 2 aromatic carbocycles. The average molecular weight is 582 g/mol. The third-order valence-corrected chi connectivity index (χ3v) is 7.46. The van der Waals surface area contributed by atoms with E-state index in [1.165, 1.54) is 12.0 Å². The minimum atomic E-state index is -0.598. The van der Waals surface area contributed by atoms with Crippen LogP contribution in [-0.2, 0) is 16.1 Å². The standard InChI is InChI=1S/C28H32BrN5O4/c1-4-36-23-15-20(14-22(29)26(23)37-16-19-10-8-9-17(2)13-19)25-24(18(3)30-28-31-32-33-34(25)28)27(35)38-21-11-6-5-7-12-21/h8-10,13-15,21,25H,4-7,11-12,16H2,1-3H3,(H,30,31,33). The highest BCUT2D eigenvalue weighted by Crippen LogP contribution is 2.43. The second-order valence-corrected chi connectivity index (χ2v) is 10.6. The number of benzene rings is 2. The first-order chi connectivity index (χ1) is 18.4. The third kappa shape index (κ3) is 5.55. The number of anilines is 1. The molecule has 1 fully saturated rings. The second-order valence-electron chi connectivity index (χ2n) is 9.72. The molecule has 38 heavy (non-hydrogen) atoms. The van der Waals surface area contributed by atoms with Crippen LogP contribution in [0.25, 0.3) is 0 Å². The highest BCUT2D eigenvalue weighted by Gasteiger charge is 2.37. The van der Waals surface area contributed by atoms with Crippen molar-refractivity contribution in [2.75, 3.05) is 11.9 Å². The van der Waals surface area contributed by atoms with Crippen LogP contribution in [0.2, 0.25) is 0 Å². The zero-order chi connectivity index (χ0) is 26.6. The molecule has 2 aliphatic rings. The molecule has 1 unspecified atom stereocenters. The van der Waals surface area contributed by atoms with Crippen LogP contribution in [0.15, 0.2) is 52.1 Å². The lowest BCUT2D eigenvalue weighted by Gasteiger charge is -2.30. The van der Waals surface area contributed by atoms with Gasteiger partial charge in [0.2, 0.25) is 5.95 Å². The molecule has 5 rings (SSSR count). The average Bonchev–Trinajstić information content (AvgIpc) is 3.36. The predicted octanol–water partition coefficient (Wildman–Crippen LogP) is 5.89. The number of tetrazole rings is 1. The Bertz CT molecular complexity index is 1350. The molecule has 1 atom stereocenters. The highest BCUT2D eigenvalue weighted by atomic mass is 79.9. The lowest BCUT2D eigenvalue weighted by atomic mass is 9.94. The van der Waals surface area contributed by atoms with Crippen molar-refractivity contribution in [2.45, 2.75) is 71.6 Å². The first-order valence-electron chi connectivity index (χ1n) is 13.1. The van der Waals surface area contributed by atoms with E-state index in [0.29, 0.717) is 46.4 Å². The van der Waals surface area contributed by atoms with Crippen molar-refractivity contribution in [2.24, 2.45) is 0 Å². The zero-order valence-electron chi connectivity index (χ0n) is 21.9. The van der Waals surface area contributed by atoms with Crippen molar-refractivity contribution in [3.8, 4) is 11.5 Å². The van der Waals surface area contributed by atoms with Gasteiger partial charge in [0, 0.05) is 5.70 Å². The van der Waals surface area contributed by atoms with E-state index in [9.17, 15) is 4.79 Å². The van der Waals surface area contributed by atoms with Crippen molar-refractivity contribution >= 4 is 27.8 Å². The fraction of sp³-hybridized carbons (Fsp3) is 0.429. The first-order valence-corrected chi connectivity index (χ1v) is 13.8. The number of aromatic nitrogens is 4. The van der Waals surface area contributed by atoms with Crippen molar-refractivity contribution in [3.05, 3.63) is 68.8 Å². The van der Waals surface area contributed by atoms with Gasteiger partial charge in [-0.3, -0.25) is 0 Å². The van der Waals surface area contributed by atoms with Crippen LogP contribution < -0.4 is 14.8 Å². The first kappa shape index (κ1) is 26.2. The van der Waals surface area contributed by atoms with Crippen LogP contribution in [0.5, 0.6) is 11.5 Å². The van der Waals surface area contributed by atoms with E-state index in [-0.39, 0.29) is 12.1 Å². The molecular formula is C28H32BrN5O4. The normalized spacial score (nSPS) is 17.5. The molecule has 200 valence electrons. The van der Waals surface area contributed by atoms with Gasteiger partial charge < -0.3 is 19.5 Å². The molecule has 1 aliphatic heterocycles. The van der Waals surface area contributed by atoms with Gasteiger partial charge in [0.15, 0.2) is 11.5 Å². The van der Waals surface area contributed by atoms with Crippen molar-refractivity contribution < 1.29 is 19.0 Å². The summed E-state index contributed by atoms with van der Waals surface area (Å²) >= 11 is 3.69. The molecule has 1 saturated carbocycles. The summed E-state index contributed by atoms with van der Waals surface area (Å²) in [5.74, 6) is 1.25. The van der Waals surface area contributed by atoms with Gasteiger partial charge in [-0.05, 0) is 96.1 Å². The van der Waals surface area contributed by atoms with E-state index in [1.807, 2.05) is 38.1 Å². The molecule has 0 radical (unpaired) electrons. The topological polar surface area (TPSA) is 100 Å². The molecule has 1 aromatic heterocycles. The van der Waals surface area contributed by atoms with Gasteiger partial charge >= 0.3 is 5.97 Å². The maximum Gasteiger partial charge on any atom is 0.338 e. The number of fused-ring (bicyclic) bond motifs is 1. The maximum atomic E-state index is 13.6. The number of nitrogens with one attached hydrogen (secondary N) is 1. The number of carbonyl (C=O) groups excluding carboxylic acids is 1. The van der Waals surface area contributed by atoms with Gasteiger partial charge in [-0.15, -0.1) is 0 Å². The summed E-state index contributed by atoms with van der Waals surface area (Å²) in [4.78, 5) is 13.6. The van der Waals surface area contributed by atoms with Crippen molar-refractivity contribution in [1.82, 2.24) is 20.2 Å². The van der Waals surface area contributed by atoms with Gasteiger partial charge in [0.25, 0.3) is 0 Å². The van der Waals surface area contributed by atoms with E-state index in [2.05, 4.69) is 55.8 Å². The van der Waals surface area contributed by atoms with E-state index in [0.717, 1.165) is 36.8 Å². The molecule has 3 aromatic rings. The number of allylic oxidation sites excluding steroid dienone is 1. The third-order valence-electron chi connectivity index (χ3n) is 6.87. The Morgan fingerprint density at radius 2 is 1.95 bits per heavy atom.